The number of aliphatic hydroxyl groups is 1. The van der Waals surface area contributed by atoms with E-state index < -0.39 is 20.0 Å². The van der Waals surface area contributed by atoms with Gasteiger partial charge in [-0.05, 0) is 70.6 Å². The van der Waals surface area contributed by atoms with Gasteiger partial charge >= 0.3 is 7.82 Å². The minimum absolute atomic E-state index is 0.0619. The maximum Gasteiger partial charge on any atom is 0.472 e. The summed E-state index contributed by atoms with van der Waals surface area (Å²) in [5, 5.41) is 14.1. The number of allylic oxidation sites excluding steroid dienone is 13. The van der Waals surface area contributed by atoms with Crippen LogP contribution in [0.3, 0.4) is 0 Å². The molecule has 0 aromatic rings. The van der Waals surface area contributed by atoms with Gasteiger partial charge in [-0.15, -0.1) is 0 Å². The predicted octanol–water partition coefficient (Wildman–Crippen LogP) is 25.5. The summed E-state index contributed by atoms with van der Waals surface area (Å²) in [5.74, 6) is -0.171. The highest BCUT2D eigenvalue weighted by Crippen LogP contribution is 2.43. The Morgan fingerprint density at radius 3 is 0.978 bits per heavy atom. The van der Waals surface area contributed by atoms with Gasteiger partial charge in [0.2, 0.25) is 5.91 Å². The molecule has 0 saturated carbocycles. The predicted molar refractivity (Wildman–Crippen MR) is 396 cm³/mol. The molecule has 1 amide bonds. The van der Waals surface area contributed by atoms with Crippen LogP contribution in [0.5, 0.6) is 0 Å². The molecule has 90 heavy (non-hydrogen) atoms. The van der Waals surface area contributed by atoms with Crippen molar-refractivity contribution in [3.05, 3.63) is 85.1 Å². The molecular weight excluding hydrogens is 1130 g/mol. The van der Waals surface area contributed by atoms with Crippen molar-refractivity contribution in [2.45, 2.75) is 386 Å². The Balaban J connectivity index is 3.95. The van der Waals surface area contributed by atoms with Crippen LogP contribution in [0.1, 0.15) is 373 Å². The second-order valence-corrected chi connectivity index (χ2v) is 29.2. The van der Waals surface area contributed by atoms with E-state index in [0.29, 0.717) is 17.4 Å². The molecule has 3 atom stereocenters. The number of aliphatic hydroxyl groups excluding tert-OH is 1. The number of phosphoric ester groups is 1. The van der Waals surface area contributed by atoms with Gasteiger partial charge in [0.05, 0.1) is 39.9 Å². The number of carbonyl (C=O) groups excluding carboxylic acids is 1. The summed E-state index contributed by atoms with van der Waals surface area (Å²) in [7, 11) is 1.59. The fourth-order valence-electron chi connectivity index (χ4n) is 11.6. The second-order valence-electron chi connectivity index (χ2n) is 27.7. The van der Waals surface area contributed by atoms with Gasteiger partial charge in [-0.2, -0.15) is 0 Å². The number of likely N-dealkylation sites (N-methyl/N-ethyl adjacent to an activating group) is 1. The fraction of sp³-hybridized carbons (Fsp3) is 0.815. The number of carbonyl (C=O) groups is 1. The number of rotatable bonds is 72. The van der Waals surface area contributed by atoms with E-state index in [1.165, 1.54) is 276 Å². The standard InChI is InChI=1S/C81H151N2O6P/c1-6-8-10-12-14-16-18-20-22-24-26-28-30-32-34-35-36-37-38-39-40-41-42-43-44-45-46-47-49-51-53-55-57-59-61-63-65-67-69-71-73-75-81(85)82-79(78-89-90(86,87)88-77-76-83(3,4)5)80(84)74-72-70-68-66-64-62-60-58-56-54-52-50-48-33-31-29-27-25-23-21-19-17-15-13-11-9-7-2/h8,10,14,16,20,22,26,28,32,34,36-37,72,74,79-80,84H,6-7,9,11-13,15,17-19,21,23-25,27,29-31,33,35,38-71,73,75-78H2,1-5H3,(H-,82,85,86,87)/p+1/b10-8-,16-14-,22-20-,28-26-,34-32-,37-36-,74-72+. The number of phosphoric acid groups is 1. The van der Waals surface area contributed by atoms with E-state index in [4.69, 9.17) is 9.05 Å². The summed E-state index contributed by atoms with van der Waals surface area (Å²) < 4.78 is 23.9. The van der Waals surface area contributed by atoms with E-state index in [-0.39, 0.29) is 19.1 Å². The van der Waals surface area contributed by atoms with E-state index in [0.717, 1.165) is 77.0 Å². The zero-order valence-corrected chi connectivity index (χ0v) is 61.3. The summed E-state index contributed by atoms with van der Waals surface area (Å²) in [6, 6.07) is -0.850. The molecule has 526 valence electrons. The SMILES string of the molecule is CC/C=C\C/C=C\C/C=C\C/C=C\C/C=C\C/C=C\CCCCCCCCCCCCCCCCCCCCCCCCC(=O)NC(COP(=O)(O)OCC[N+](C)(C)C)C(O)/C=C/CCCCCCCCCCCCCCCCCCCCCCCCCCC. The number of unbranched alkanes of at least 4 members (excludes halogenated alkanes) is 47. The molecular formula is C81H152N2O6P+. The largest absolute Gasteiger partial charge is 0.472 e. The molecule has 0 rings (SSSR count). The van der Waals surface area contributed by atoms with Crippen LogP contribution in [-0.2, 0) is 18.4 Å². The van der Waals surface area contributed by atoms with Crippen molar-refractivity contribution in [2.75, 3.05) is 40.9 Å². The van der Waals surface area contributed by atoms with Crippen molar-refractivity contribution < 1.29 is 32.9 Å². The van der Waals surface area contributed by atoms with E-state index in [2.05, 4.69) is 92.1 Å². The Morgan fingerprint density at radius 1 is 0.389 bits per heavy atom. The zero-order valence-electron chi connectivity index (χ0n) is 60.4. The number of nitrogens with zero attached hydrogens (tertiary/aromatic N) is 1. The van der Waals surface area contributed by atoms with E-state index >= 15 is 0 Å². The molecule has 0 aliphatic rings. The van der Waals surface area contributed by atoms with Crippen LogP contribution in [0.2, 0.25) is 0 Å². The van der Waals surface area contributed by atoms with Gasteiger partial charge in [-0.25, -0.2) is 4.57 Å². The summed E-state index contributed by atoms with van der Waals surface area (Å²) in [6.45, 7) is 4.75. The van der Waals surface area contributed by atoms with Crippen molar-refractivity contribution in [1.29, 1.82) is 0 Å². The highest BCUT2D eigenvalue weighted by molar-refractivity contribution is 7.47. The minimum Gasteiger partial charge on any atom is -0.387 e. The van der Waals surface area contributed by atoms with E-state index in [1.807, 2.05) is 27.2 Å². The molecule has 0 aliphatic carbocycles. The maximum absolute atomic E-state index is 13.1. The average Bonchev–Trinajstić information content (AvgIpc) is 3.09. The van der Waals surface area contributed by atoms with Crippen LogP contribution < -0.4 is 5.32 Å². The first-order valence-electron chi connectivity index (χ1n) is 39.0. The third-order valence-corrected chi connectivity index (χ3v) is 18.6. The smallest absolute Gasteiger partial charge is 0.387 e. The normalized spacial score (nSPS) is 14.0. The number of quaternary nitrogens is 1. The van der Waals surface area contributed by atoms with Crippen LogP contribution in [0.25, 0.3) is 0 Å². The topological polar surface area (TPSA) is 105 Å². The lowest BCUT2D eigenvalue weighted by molar-refractivity contribution is -0.870. The molecule has 0 heterocycles. The van der Waals surface area contributed by atoms with Crippen molar-refractivity contribution in [2.24, 2.45) is 0 Å². The number of hydrogen-bond acceptors (Lipinski definition) is 5. The first kappa shape index (κ1) is 87.7. The van der Waals surface area contributed by atoms with Crippen molar-refractivity contribution in [3.63, 3.8) is 0 Å². The molecule has 0 bridgehead atoms. The summed E-state index contributed by atoms with van der Waals surface area (Å²) in [5.41, 5.74) is 0. The summed E-state index contributed by atoms with van der Waals surface area (Å²) in [6.07, 6.45) is 102. The Bertz CT molecular complexity index is 1750. The minimum atomic E-state index is -4.36. The molecule has 0 radical (unpaired) electrons. The zero-order chi connectivity index (χ0) is 65.5. The monoisotopic (exact) mass is 1280 g/mol. The van der Waals surface area contributed by atoms with Gasteiger partial charge in [0, 0.05) is 6.42 Å². The maximum atomic E-state index is 13.1. The van der Waals surface area contributed by atoms with Gasteiger partial charge in [-0.1, -0.05) is 381 Å². The van der Waals surface area contributed by atoms with Crippen molar-refractivity contribution in [3.8, 4) is 0 Å². The summed E-state index contributed by atoms with van der Waals surface area (Å²) >= 11 is 0. The third-order valence-electron chi connectivity index (χ3n) is 17.6. The molecule has 0 spiro atoms. The van der Waals surface area contributed by atoms with E-state index in [1.54, 1.807) is 6.08 Å². The van der Waals surface area contributed by atoms with Crippen molar-refractivity contribution >= 4 is 13.7 Å². The third kappa shape index (κ3) is 73.1. The van der Waals surface area contributed by atoms with Gasteiger partial charge in [0.25, 0.3) is 0 Å². The molecule has 0 saturated heterocycles. The fourth-order valence-corrected chi connectivity index (χ4v) is 12.4. The second kappa shape index (κ2) is 71.0. The Labute approximate surface area is 560 Å². The van der Waals surface area contributed by atoms with Gasteiger partial charge in [0.15, 0.2) is 0 Å². The van der Waals surface area contributed by atoms with E-state index in [9.17, 15) is 19.4 Å². The quantitative estimate of drug-likeness (QED) is 0.0243. The van der Waals surface area contributed by atoms with Crippen molar-refractivity contribution in [1.82, 2.24) is 5.32 Å². The van der Waals surface area contributed by atoms with Crippen LogP contribution >= 0.6 is 7.82 Å². The van der Waals surface area contributed by atoms with Crippen LogP contribution in [0.15, 0.2) is 85.1 Å². The lowest BCUT2D eigenvalue weighted by Crippen LogP contribution is -2.45. The van der Waals surface area contributed by atoms with Gasteiger partial charge < -0.3 is 19.8 Å². The first-order chi connectivity index (χ1) is 44.0. The number of amides is 1. The van der Waals surface area contributed by atoms with Crippen LogP contribution in [0, 0.1) is 0 Å². The number of hydrogen-bond donors (Lipinski definition) is 3. The molecule has 9 heteroatoms. The first-order valence-corrected chi connectivity index (χ1v) is 40.5. The lowest BCUT2D eigenvalue weighted by atomic mass is 10.0. The molecule has 8 nitrogen and oxygen atoms in total. The molecule has 3 N–H and O–H groups in total. The molecule has 0 aromatic carbocycles. The highest BCUT2D eigenvalue weighted by Gasteiger charge is 2.28. The summed E-state index contributed by atoms with van der Waals surface area (Å²) in [4.78, 5) is 23.5. The highest BCUT2D eigenvalue weighted by atomic mass is 31.2. The molecule has 0 aromatic heterocycles. The van der Waals surface area contributed by atoms with Gasteiger partial charge in [0.1, 0.15) is 13.2 Å². The Kier molecular flexibility index (Phi) is 69.2. The van der Waals surface area contributed by atoms with Crippen LogP contribution in [-0.4, -0.2) is 73.4 Å². The Morgan fingerprint density at radius 2 is 0.667 bits per heavy atom. The van der Waals surface area contributed by atoms with Crippen LogP contribution in [0.4, 0.5) is 0 Å². The molecule has 3 unspecified atom stereocenters. The molecule has 0 aliphatic heterocycles. The Hall–Kier alpha value is -2.32. The lowest BCUT2D eigenvalue weighted by Gasteiger charge is -2.25. The number of nitrogens with one attached hydrogen (secondary N) is 1. The van der Waals surface area contributed by atoms with Gasteiger partial charge in [-0.3, -0.25) is 13.8 Å². The molecule has 0 fully saturated rings. The average molecular weight is 1280 g/mol.